The Morgan fingerprint density at radius 1 is 1.21 bits per heavy atom. The van der Waals surface area contributed by atoms with Gasteiger partial charge in [-0.1, -0.05) is 12.2 Å². The van der Waals surface area contributed by atoms with Gasteiger partial charge in [0, 0.05) is 25.6 Å². The van der Waals surface area contributed by atoms with Crippen LogP contribution in [0.3, 0.4) is 0 Å². The summed E-state index contributed by atoms with van der Waals surface area (Å²) in [5.41, 5.74) is -0.103. The van der Waals surface area contributed by atoms with Crippen LogP contribution in [0.15, 0.2) is 16.9 Å². The minimum atomic E-state index is -0.103. The van der Waals surface area contributed by atoms with E-state index in [-0.39, 0.29) is 17.8 Å². The fraction of sp³-hybridized carbons (Fsp3) is 0.706. The summed E-state index contributed by atoms with van der Waals surface area (Å²) in [6.45, 7) is 2.10. The molecule has 0 aromatic carbocycles. The topological polar surface area (TPSA) is 83.0 Å². The number of piperidine rings is 1. The summed E-state index contributed by atoms with van der Waals surface area (Å²) in [6.07, 6.45) is 10.3. The van der Waals surface area contributed by atoms with Gasteiger partial charge in [-0.15, -0.1) is 0 Å². The van der Waals surface area contributed by atoms with Crippen LogP contribution in [0.2, 0.25) is 0 Å². The highest BCUT2D eigenvalue weighted by Gasteiger charge is 2.30. The lowest BCUT2D eigenvalue weighted by molar-refractivity contribution is 0.166. The highest BCUT2D eigenvalue weighted by atomic mass is 16.2. The average Bonchev–Trinajstić information content (AvgIpc) is 3.18. The second-order valence-electron chi connectivity index (χ2n) is 7.25. The molecule has 0 atom stereocenters. The number of nitrogens with one attached hydrogen (secondary N) is 2. The van der Waals surface area contributed by atoms with E-state index in [4.69, 9.17) is 0 Å². The molecule has 7 heteroatoms. The number of amides is 2. The van der Waals surface area contributed by atoms with Crippen molar-refractivity contribution in [2.24, 2.45) is 5.92 Å². The lowest BCUT2D eigenvalue weighted by Crippen LogP contribution is -2.46. The molecule has 2 amide bonds. The van der Waals surface area contributed by atoms with Gasteiger partial charge in [-0.3, -0.25) is 4.98 Å². The Balaban J connectivity index is 1.28. The maximum Gasteiger partial charge on any atom is 0.343 e. The van der Waals surface area contributed by atoms with Gasteiger partial charge in [-0.25, -0.2) is 14.3 Å². The number of H-pyrrole nitrogens is 1. The molecule has 2 N–H and O–H groups in total. The molecule has 0 unspecified atom stereocenters. The molecule has 0 bridgehead atoms. The van der Waals surface area contributed by atoms with E-state index >= 15 is 0 Å². The third-order valence-corrected chi connectivity index (χ3v) is 5.37. The number of aromatic amines is 1. The largest absolute Gasteiger partial charge is 0.343 e. The van der Waals surface area contributed by atoms with Crippen LogP contribution < -0.4 is 11.0 Å². The van der Waals surface area contributed by atoms with Gasteiger partial charge in [0.1, 0.15) is 5.82 Å². The number of urea groups is 1. The fourth-order valence-corrected chi connectivity index (χ4v) is 3.64. The normalized spacial score (nSPS) is 22.2. The van der Waals surface area contributed by atoms with E-state index in [9.17, 15) is 9.59 Å². The minimum Gasteiger partial charge on any atom is -0.338 e. The van der Waals surface area contributed by atoms with Crippen LogP contribution in [0.4, 0.5) is 4.79 Å². The van der Waals surface area contributed by atoms with Crippen LogP contribution in [0.25, 0.3) is 0 Å². The highest BCUT2D eigenvalue weighted by Crippen LogP contribution is 2.37. The Kier molecular flexibility index (Phi) is 4.16. The van der Waals surface area contributed by atoms with Gasteiger partial charge in [-0.2, -0.15) is 5.10 Å². The number of carbonyl (C=O) groups excluding carboxylic acids is 1. The van der Waals surface area contributed by atoms with E-state index in [1.54, 1.807) is 4.68 Å². The summed E-state index contributed by atoms with van der Waals surface area (Å²) in [5, 5.41) is 7.52. The zero-order valence-electron chi connectivity index (χ0n) is 13.9. The molecule has 1 saturated heterocycles. The molecule has 3 aliphatic rings. The van der Waals surface area contributed by atoms with Crippen molar-refractivity contribution in [2.45, 2.75) is 50.5 Å². The van der Waals surface area contributed by atoms with Crippen LogP contribution in [0, 0.1) is 5.92 Å². The highest BCUT2D eigenvalue weighted by molar-refractivity contribution is 5.74. The smallest absolute Gasteiger partial charge is 0.338 e. The van der Waals surface area contributed by atoms with Crippen molar-refractivity contribution in [2.75, 3.05) is 19.6 Å². The van der Waals surface area contributed by atoms with Gasteiger partial charge < -0.3 is 10.2 Å². The van der Waals surface area contributed by atoms with E-state index in [0.717, 1.165) is 50.9 Å². The van der Waals surface area contributed by atoms with Crippen LogP contribution in [0.1, 0.15) is 56.3 Å². The van der Waals surface area contributed by atoms with E-state index in [1.165, 1.54) is 0 Å². The molecule has 24 heavy (non-hydrogen) atoms. The quantitative estimate of drug-likeness (QED) is 0.825. The van der Waals surface area contributed by atoms with E-state index in [0.29, 0.717) is 24.9 Å². The predicted molar refractivity (Wildman–Crippen MR) is 89.9 cm³/mol. The number of allylic oxidation sites excluding steroid dienone is 2. The molecule has 2 aliphatic carbocycles. The summed E-state index contributed by atoms with van der Waals surface area (Å²) < 4.78 is 1.60. The molecule has 0 spiro atoms. The third-order valence-electron chi connectivity index (χ3n) is 5.37. The monoisotopic (exact) mass is 331 g/mol. The van der Waals surface area contributed by atoms with Crippen molar-refractivity contribution in [3.63, 3.8) is 0 Å². The molecule has 130 valence electrons. The Morgan fingerprint density at radius 3 is 2.58 bits per heavy atom. The third kappa shape index (κ3) is 3.25. The van der Waals surface area contributed by atoms with Gasteiger partial charge in [-0.05, 0) is 44.4 Å². The summed E-state index contributed by atoms with van der Waals surface area (Å²) in [4.78, 5) is 29.1. The molecule has 1 aromatic heterocycles. The zero-order valence-corrected chi connectivity index (χ0v) is 13.9. The standard InChI is InChI=1S/C17H25N5O2/c23-16(18-11-12-3-1-2-4-12)21-9-7-14(8-10-21)22-17(24)19-15(20-22)13-5-6-13/h1-2,12-14H,3-11H2,(H,18,23)(H,19,20,24). The van der Waals surface area contributed by atoms with Crippen molar-refractivity contribution < 1.29 is 4.79 Å². The maximum atomic E-state index is 12.3. The molecule has 1 aliphatic heterocycles. The van der Waals surface area contributed by atoms with Crippen LogP contribution in [-0.2, 0) is 0 Å². The number of carbonyl (C=O) groups is 1. The van der Waals surface area contributed by atoms with Gasteiger partial charge in [0.05, 0.1) is 6.04 Å². The van der Waals surface area contributed by atoms with Gasteiger partial charge in [0.25, 0.3) is 0 Å². The first-order chi connectivity index (χ1) is 11.7. The van der Waals surface area contributed by atoms with Crippen molar-refractivity contribution in [1.82, 2.24) is 25.0 Å². The van der Waals surface area contributed by atoms with E-state index < -0.39 is 0 Å². The number of aromatic nitrogens is 3. The number of hydrogen-bond acceptors (Lipinski definition) is 3. The fourth-order valence-electron chi connectivity index (χ4n) is 3.64. The van der Waals surface area contributed by atoms with Crippen molar-refractivity contribution in [1.29, 1.82) is 0 Å². The molecule has 2 heterocycles. The molecule has 1 aromatic rings. The second-order valence-corrected chi connectivity index (χ2v) is 7.25. The molecule has 1 saturated carbocycles. The molecular formula is C17H25N5O2. The van der Waals surface area contributed by atoms with E-state index in [2.05, 4.69) is 27.6 Å². The second kappa shape index (κ2) is 6.45. The van der Waals surface area contributed by atoms with Crippen LogP contribution in [0.5, 0.6) is 0 Å². The summed E-state index contributed by atoms with van der Waals surface area (Å²) in [7, 11) is 0. The van der Waals surface area contributed by atoms with Crippen molar-refractivity contribution >= 4 is 6.03 Å². The Labute approximate surface area is 141 Å². The van der Waals surface area contributed by atoms with Crippen LogP contribution >= 0.6 is 0 Å². The number of nitrogens with zero attached hydrogens (tertiary/aromatic N) is 3. The predicted octanol–water partition coefficient (Wildman–Crippen LogP) is 1.76. The lowest BCUT2D eigenvalue weighted by atomic mass is 10.1. The number of rotatable bonds is 4. The van der Waals surface area contributed by atoms with Gasteiger partial charge >= 0.3 is 11.7 Å². The summed E-state index contributed by atoms with van der Waals surface area (Å²) in [6, 6.07) is 0.123. The molecule has 7 nitrogen and oxygen atoms in total. The average molecular weight is 331 g/mol. The van der Waals surface area contributed by atoms with Crippen molar-refractivity contribution in [3.8, 4) is 0 Å². The number of likely N-dealkylation sites (tertiary alicyclic amines) is 1. The molecule has 2 fully saturated rings. The van der Waals surface area contributed by atoms with Crippen LogP contribution in [-0.4, -0.2) is 45.3 Å². The molecule has 4 rings (SSSR count). The zero-order chi connectivity index (χ0) is 16.5. The summed E-state index contributed by atoms with van der Waals surface area (Å²) >= 11 is 0. The minimum absolute atomic E-state index is 0.0217. The Hall–Kier alpha value is -2.05. The Bertz CT molecular complexity index is 671. The molecule has 0 radical (unpaired) electrons. The van der Waals surface area contributed by atoms with E-state index in [1.807, 2.05) is 4.90 Å². The first-order valence-electron chi connectivity index (χ1n) is 9.07. The summed E-state index contributed by atoms with van der Waals surface area (Å²) in [5.74, 6) is 1.84. The molecular weight excluding hydrogens is 306 g/mol. The Morgan fingerprint density at radius 2 is 1.92 bits per heavy atom. The lowest BCUT2D eigenvalue weighted by Gasteiger charge is -2.31. The first-order valence-corrected chi connectivity index (χ1v) is 9.07. The first kappa shape index (κ1) is 15.5. The number of hydrogen-bond donors (Lipinski definition) is 2. The maximum absolute atomic E-state index is 12.3. The van der Waals surface area contributed by atoms with Gasteiger partial charge in [0.2, 0.25) is 0 Å². The SMILES string of the molecule is O=C(NCC1CC=CC1)N1CCC(n2nc(C3CC3)[nH]c2=O)CC1. The van der Waals surface area contributed by atoms with Crippen molar-refractivity contribution in [3.05, 3.63) is 28.5 Å². The van der Waals surface area contributed by atoms with Gasteiger partial charge in [0.15, 0.2) is 0 Å².